The number of hydrogen-bond donors (Lipinski definition) is 1. The number of anilines is 1. The van der Waals surface area contributed by atoms with Crippen LogP contribution in [0.5, 0.6) is 0 Å². The lowest BCUT2D eigenvalue weighted by Crippen LogP contribution is -2.10. The molecule has 0 aliphatic carbocycles. The molecular formula is C21H13Cl2N3O4S. The van der Waals surface area contributed by atoms with Crippen molar-refractivity contribution in [3.05, 3.63) is 97.2 Å². The molecule has 10 heteroatoms. The maximum atomic E-state index is 12.5. The van der Waals surface area contributed by atoms with Crippen molar-refractivity contribution in [1.82, 2.24) is 4.98 Å². The molecule has 156 valence electrons. The molecule has 2 aromatic heterocycles. The summed E-state index contributed by atoms with van der Waals surface area (Å²) in [6.07, 6.45) is 2.35. The molecule has 0 saturated carbocycles. The molecular weight excluding hydrogens is 461 g/mol. The van der Waals surface area contributed by atoms with Crippen molar-refractivity contribution in [1.29, 1.82) is 0 Å². The number of carbonyl (C=O) groups excluding carboxylic acids is 1. The number of furan rings is 1. The predicted octanol–water partition coefficient (Wildman–Crippen LogP) is 6.46. The quantitative estimate of drug-likeness (QED) is 0.255. The van der Waals surface area contributed by atoms with Crippen LogP contribution in [0.15, 0.2) is 65.2 Å². The Balaban J connectivity index is 1.45. The topological polar surface area (TPSA) is 98.3 Å². The zero-order valence-corrected chi connectivity index (χ0v) is 18.0. The van der Waals surface area contributed by atoms with Gasteiger partial charge in [-0.2, -0.15) is 0 Å². The number of aromatic nitrogens is 1. The Hall–Kier alpha value is -3.20. The number of amides is 1. The fourth-order valence-electron chi connectivity index (χ4n) is 2.88. The van der Waals surface area contributed by atoms with Crippen LogP contribution >= 0.6 is 34.5 Å². The minimum absolute atomic E-state index is 0.0658. The second kappa shape index (κ2) is 8.89. The fraction of sp³-hybridized carbons (Fsp3) is 0.0476. The van der Waals surface area contributed by atoms with Gasteiger partial charge in [-0.05, 0) is 35.9 Å². The lowest BCUT2D eigenvalue weighted by molar-refractivity contribution is -0.384. The molecule has 0 fully saturated rings. The van der Waals surface area contributed by atoms with Gasteiger partial charge < -0.3 is 4.42 Å². The van der Waals surface area contributed by atoms with Gasteiger partial charge in [0, 0.05) is 40.2 Å². The normalized spacial score (nSPS) is 10.8. The number of carbonyl (C=O) groups is 1. The van der Waals surface area contributed by atoms with Gasteiger partial charge in [0.1, 0.15) is 5.76 Å². The van der Waals surface area contributed by atoms with Crippen molar-refractivity contribution < 1.29 is 14.1 Å². The van der Waals surface area contributed by atoms with Crippen LogP contribution in [0.2, 0.25) is 10.0 Å². The van der Waals surface area contributed by atoms with Crippen molar-refractivity contribution in [2.45, 2.75) is 6.42 Å². The second-order valence-corrected chi connectivity index (χ2v) is 8.44. The Morgan fingerprint density at radius 1 is 1.16 bits per heavy atom. The van der Waals surface area contributed by atoms with Gasteiger partial charge in [-0.25, -0.2) is 4.98 Å². The Kier molecular flexibility index (Phi) is 6.03. The third kappa shape index (κ3) is 4.93. The van der Waals surface area contributed by atoms with Crippen molar-refractivity contribution in [3.63, 3.8) is 0 Å². The number of benzene rings is 2. The molecule has 4 rings (SSSR count). The number of nitrogens with one attached hydrogen (secondary N) is 1. The van der Waals surface area contributed by atoms with Gasteiger partial charge in [0.2, 0.25) is 0 Å². The van der Waals surface area contributed by atoms with E-state index in [1.54, 1.807) is 12.3 Å². The maximum Gasteiger partial charge on any atom is 0.293 e. The average Bonchev–Trinajstić information content (AvgIpc) is 3.38. The largest absolute Gasteiger partial charge is 0.451 e. The van der Waals surface area contributed by atoms with Crippen LogP contribution in [0.25, 0.3) is 11.3 Å². The van der Waals surface area contributed by atoms with Crippen LogP contribution < -0.4 is 5.32 Å². The van der Waals surface area contributed by atoms with E-state index in [2.05, 4.69) is 10.3 Å². The van der Waals surface area contributed by atoms with Gasteiger partial charge >= 0.3 is 0 Å². The van der Waals surface area contributed by atoms with Gasteiger partial charge in [-0.15, -0.1) is 11.3 Å². The van der Waals surface area contributed by atoms with Gasteiger partial charge in [0.05, 0.1) is 9.95 Å². The lowest BCUT2D eigenvalue weighted by atomic mass is 10.1. The summed E-state index contributed by atoms with van der Waals surface area (Å²) in [5, 5.41) is 14.8. The zero-order chi connectivity index (χ0) is 22.0. The Morgan fingerprint density at radius 3 is 2.74 bits per heavy atom. The molecule has 0 spiro atoms. The number of rotatable bonds is 6. The molecule has 0 saturated heterocycles. The molecule has 4 aromatic rings. The summed E-state index contributed by atoms with van der Waals surface area (Å²) in [4.78, 5) is 28.0. The molecule has 0 aliphatic heterocycles. The van der Waals surface area contributed by atoms with E-state index in [1.165, 1.54) is 35.6 Å². The Labute approximate surface area is 190 Å². The van der Waals surface area contributed by atoms with Crippen LogP contribution in [0, 0.1) is 10.1 Å². The maximum absolute atomic E-state index is 12.5. The standard InChI is InChI=1S/C21H13Cl2N3O4S/c22-13-3-1-2-12(8-13)9-15-11-24-21(31-15)25-20(27)19-7-6-18(30-19)16-5-4-14(26(28)29)10-17(16)23/h1-8,10-11H,9H2,(H,24,25,27). The minimum Gasteiger partial charge on any atom is -0.451 e. The highest BCUT2D eigenvalue weighted by molar-refractivity contribution is 7.15. The van der Waals surface area contributed by atoms with E-state index in [0.717, 1.165) is 10.4 Å². The smallest absolute Gasteiger partial charge is 0.293 e. The molecule has 0 radical (unpaired) electrons. The summed E-state index contributed by atoms with van der Waals surface area (Å²) >= 11 is 13.5. The summed E-state index contributed by atoms with van der Waals surface area (Å²) < 4.78 is 5.60. The first-order valence-corrected chi connectivity index (χ1v) is 10.5. The van der Waals surface area contributed by atoms with Gasteiger partial charge in [0.25, 0.3) is 11.6 Å². The van der Waals surface area contributed by atoms with Crippen LogP contribution in [-0.4, -0.2) is 15.8 Å². The first-order chi connectivity index (χ1) is 14.9. The third-order valence-electron chi connectivity index (χ3n) is 4.30. The van der Waals surface area contributed by atoms with E-state index in [0.29, 0.717) is 27.9 Å². The number of nitro benzene ring substituents is 1. The Bertz CT molecular complexity index is 1290. The molecule has 7 nitrogen and oxygen atoms in total. The summed E-state index contributed by atoms with van der Waals surface area (Å²) in [6, 6.07) is 14.7. The molecule has 1 amide bonds. The van der Waals surface area contributed by atoms with Crippen LogP contribution in [0.4, 0.5) is 10.8 Å². The first-order valence-electron chi connectivity index (χ1n) is 8.94. The van der Waals surface area contributed by atoms with E-state index in [9.17, 15) is 14.9 Å². The van der Waals surface area contributed by atoms with Crippen molar-refractivity contribution in [2.75, 3.05) is 5.32 Å². The van der Waals surface area contributed by atoms with Crippen molar-refractivity contribution in [3.8, 4) is 11.3 Å². The molecule has 31 heavy (non-hydrogen) atoms. The van der Waals surface area contributed by atoms with E-state index in [4.69, 9.17) is 27.6 Å². The summed E-state index contributed by atoms with van der Waals surface area (Å²) in [6.45, 7) is 0. The van der Waals surface area contributed by atoms with Crippen LogP contribution in [0.3, 0.4) is 0 Å². The second-order valence-electron chi connectivity index (χ2n) is 6.48. The highest BCUT2D eigenvalue weighted by Gasteiger charge is 2.17. The van der Waals surface area contributed by atoms with Crippen molar-refractivity contribution in [2.24, 2.45) is 0 Å². The van der Waals surface area contributed by atoms with E-state index < -0.39 is 10.8 Å². The number of halogens is 2. The monoisotopic (exact) mass is 473 g/mol. The highest BCUT2D eigenvalue weighted by Crippen LogP contribution is 2.32. The lowest BCUT2D eigenvalue weighted by Gasteiger charge is -2.01. The average molecular weight is 474 g/mol. The molecule has 1 N–H and O–H groups in total. The summed E-state index contributed by atoms with van der Waals surface area (Å²) in [5.74, 6) is -0.0743. The summed E-state index contributed by atoms with van der Waals surface area (Å²) in [7, 11) is 0. The molecule has 0 bridgehead atoms. The van der Waals surface area contributed by atoms with Gasteiger partial charge in [-0.3, -0.25) is 20.2 Å². The van der Waals surface area contributed by atoms with Crippen LogP contribution in [-0.2, 0) is 6.42 Å². The Morgan fingerprint density at radius 2 is 2.00 bits per heavy atom. The van der Waals surface area contributed by atoms with Crippen LogP contribution in [0.1, 0.15) is 21.0 Å². The third-order valence-corrected chi connectivity index (χ3v) is 5.76. The number of non-ortho nitro benzene ring substituents is 1. The molecule has 2 aromatic carbocycles. The first kappa shape index (κ1) is 21.0. The van der Waals surface area contributed by atoms with Crippen molar-refractivity contribution >= 4 is 51.3 Å². The number of nitro groups is 1. The van der Waals surface area contributed by atoms with Gasteiger partial charge in [-0.1, -0.05) is 35.3 Å². The van der Waals surface area contributed by atoms with E-state index >= 15 is 0 Å². The molecule has 0 atom stereocenters. The van der Waals surface area contributed by atoms with E-state index in [1.807, 2.05) is 24.3 Å². The fourth-order valence-corrected chi connectivity index (χ4v) is 4.20. The molecule has 2 heterocycles. The SMILES string of the molecule is O=C(Nc1ncc(Cc2cccc(Cl)c2)s1)c1ccc(-c2ccc([N+](=O)[O-])cc2Cl)o1. The minimum atomic E-state index is -0.536. The highest BCUT2D eigenvalue weighted by atomic mass is 35.5. The number of hydrogen-bond acceptors (Lipinski definition) is 6. The predicted molar refractivity (Wildman–Crippen MR) is 120 cm³/mol. The zero-order valence-electron chi connectivity index (χ0n) is 15.7. The molecule has 0 unspecified atom stereocenters. The van der Waals surface area contributed by atoms with E-state index in [-0.39, 0.29) is 16.5 Å². The number of nitrogens with zero attached hydrogens (tertiary/aromatic N) is 2. The van der Waals surface area contributed by atoms with Gasteiger partial charge in [0.15, 0.2) is 10.9 Å². The summed E-state index contributed by atoms with van der Waals surface area (Å²) in [5.41, 5.74) is 1.37. The molecule has 0 aliphatic rings. The number of thiazole rings is 1.